The first-order chi connectivity index (χ1) is 15.1. The van der Waals surface area contributed by atoms with Gasteiger partial charge in [-0.1, -0.05) is 0 Å². The second-order valence-corrected chi connectivity index (χ2v) is 10.1. The summed E-state index contributed by atoms with van der Waals surface area (Å²) >= 11 is 2.09. The van der Waals surface area contributed by atoms with Crippen LogP contribution >= 0.6 is 23.5 Å². The molecule has 3 atom stereocenters. The summed E-state index contributed by atoms with van der Waals surface area (Å²) in [6.07, 6.45) is -3.11. The number of benzene rings is 1. The summed E-state index contributed by atoms with van der Waals surface area (Å²) in [7, 11) is 0. The lowest BCUT2D eigenvalue weighted by molar-refractivity contribution is -0.126. The summed E-state index contributed by atoms with van der Waals surface area (Å²) in [5, 5.41) is 71.1. The topological polar surface area (TPSA) is 176 Å². The molecule has 0 saturated heterocycles. The summed E-state index contributed by atoms with van der Waals surface area (Å²) in [6, 6.07) is 0. The summed E-state index contributed by atoms with van der Waals surface area (Å²) < 4.78 is 0. The molecule has 0 heterocycles. The van der Waals surface area contributed by atoms with Gasteiger partial charge in [0.05, 0.1) is 26.5 Å². The number of carbonyl (C=O) groups is 2. The molecule has 0 spiro atoms. The fourth-order valence-corrected chi connectivity index (χ4v) is 6.09. The third kappa shape index (κ3) is 4.18. The number of phenolic OH excluding ortho intramolecular Hbond substituents is 2. The van der Waals surface area contributed by atoms with Gasteiger partial charge in [-0.05, 0) is 19.8 Å². The lowest BCUT2D eigenvalue weighted by Crippen LogP contribution is -2.48. The molecule has 3 unspecified atom stereocenters. The van der Waals surface area contributed by atoms with Crippen LogP contribution in [-0.2, 0) is 6.42 Å². The van der Waals surface area contributed by atoms with E-state index in [-0.39, 0.29) is 40.6 Å². The second-order valence-electron chi connectivity index (χ2n) is 7.93. The molecule has 0 aliphatic heterocycles. The minimum Gasteiger partial charge on any atom is -0.507 e. The highest BCUT2D eigenvalue weighted by molar-refractivity contribution is 8.08. The van der Waals surface area contributed by atoms with Gasteiger partial charge in [0.1, 0.15) is 23.7 Å². The number of allylic oxidation sites excluding steroid dienone is 2. The van der Waals surface area contributed by atoms with Crippen molar-refractivity contribution < 1.29 is 45.3 Å². The Morgan fingerprint density at radius 2 is 1.38 bits per heavy atom. The lowest BCUT2D eigenvalue weighted by Gasteiger charge is -2.39. The van der Waals surface area contributed by atoms with Crippen molar-refractivity contribution in [2.45, 2.75) is 44.0 Å². The maximum absolute atomic E-state index is 13.4. The van der Waals surface area contributed by atoms with Crippen LogP contribution in [0, 0.1) is 0 Å². The number of ketones is 2. The predicted octanol–water partition coefficient (Wildman–Crippen LogP) is 0.621. The molecule has 32 heavy (non-hydrogen) atoms. The number of phenols is 2. The van der Waals surface area contributed by atoms with Crippen LogP contribution in [0.15, 0.2) is 9.81 Å². The maximum Gasteiger partial charge on any atom is 0.205 e. The first-order valence-corrected chi connectivity index (χ1v) is 12.1. The van der Waals surface area contributed by atoms with Crippen LogP contribution in [0.5, 0.6) is 11.5 Å². The molecule has 176 valence electrons. The molecule has 3 rings (SSSR count). The molecule has 0 radical (unpaired) electrons. The number of carbonyl (C=O) groups excluding carboxylic acids is 2. The summed E-state index contributed by atoms with van der Waals surface area (Å²) in [4.78, 5) is 26.8. The van der Waals surface area contributed by atoms with Crippen LogP contribution in [0.1, 0.15) is 57.7 Å². The molecular weight excluding hydrogens is 460 g/mol. The van der Waals surface area contributed by atoms with E-state index < -0.39 is 52.0 Å². The van der Waals surface area contributed by atoms with Crippen LogP contribution in [-0.4, -0.2) is 83.7 Å². The zero-order valence-electron chi connectivity index (χ0n) is 17.4. The van der Waals surface area contributed by atoms with E-state index in [4.69, 9.17) is 10.2 Å². The summed E-state index contributed by atoms with van der Waals surface area (Å²) in [5.41, 5.74) is -3.12. The Kier molecular flexibility index (Phi) is 7.60. The minimum absolute atomic E-state index is 0.0476. The number of thioether (sulfide) groups is 2. The SMILES string of the molecule is CC1(O)Cc2c(O)c3c(c(O)c2C(O)C1O)C(=O)C(SCCCO)=C(SCCCO)C3=O. The lowest BCUT2D eigenvalue weighted by atomic mass is 9.74. The van der Waals surface area contributed by atoms with Gasteiger partial charge in [0, 0.05) is 42.3 Å². The molecule has 2 aliphatic carbocycles. The van der Waals surface area contributed by atoms with Gasteiger partial charge in [-0.3, -0.25) is 9.59 Å². The van der Waals surface area contributed by atoms with Crippen molar-refractivity contribution in [1.82, 2.24) is 0 Å². The number of hydrogen-bond acceptors (Lipinski definition) is 11. The number of aromatic hydroxyl groups is 2. The first kappa shape index (κ1) is 25.0. The van der Waals surface area contributed by atoms with E-state index in [1.54, 1.807) is 0 Å². The van der Waals surface area contributed by atoms with Crippen LogP contribution in [0.3, 0.4) is 0 Å². The molecule has 0 amide bonds. The smallest absolute Gasteiger partial charge is 0.205 e. The Balaban J connectivity index is 2.19. The molecule has 0 saturated carbocycles. The Bertz CT molecular complexity index is 971. The van der Waals surface area contributed by atoms with E-state index in [2.05, 4.69) is 0 Å². The standard InChI is InChI=1S/C21H26O9S2/c1-21(30)8-9-10(17(28)20(21)29)14(25)12-11(13(9)24)15(26)18(31-6-2-4-22)19(16(12)27)32-7-3-5-23/h17,20,22-25,28-30H,2-8H2,1H3. The van der Waals surface area contributed by atoms with Gasteiger partial charge in [-0.25, -0.2) is 0 Å². The van der Waals surface area contributed by atoms with Crippen molar-refractivity contribution in [3.05, 3.63) is 32.1 Å². The number of rotatable bonds is 8. The molecule has 11 heteroatoms. The third-order valence-corrected chi connectivity index (χ3v) is 8.00. The molecule has 0 fully saturated rings. The zero-order valence-corrected chi connectivity index (χ0v) is 19.0. The molecule has 0 bridgehead atoms. The molecule has 9 nitrogen and oxygen atoms in total. The number of fused-ring (bicyclic) bond motifs is 2. The predicted molar refractivity (Wildman–Crippen MR) is 119 cm³/mol. The Morgan fingerprint density at radius 3 is 1.84 bits per heavy atom. The monoisotopic (exact) mass is 486 g/mol. The highest BCUT2D eigenvalue weighted by atomic mass is 32.2. The molecular formula is C21H26O9S2. The van der Waals surface area contributed by atoms with Gasteiger partial charge >= 0.3 is 0 Å². The highest BCUT2D eigenvalue weighted by Crippen LogP contribution is 2.52. The number of aliphatic hydroxyl groups excluding tert-OH is 4. The zero-order chi connectivity index (χ0) is 23.8. The van der Waals surface area contributed by atoms with Gasteiger partial charge in [0.2, 0.25) is 11.6 Å². The van der Waals surface area contributed by atoms with Crippen LogP contribution in [0.2, 0.25) is 0 Å². The quantitative estimate of drug-likeness (QED) is 0.202. The second kappa shape index (κ2) is 9.72. The van der Waals surface area contributed by atoms with Crippen molar-refractivity contribution >= 4 is 35.1 Å². The maximum atomic E-state index is 13.4. The van der Waals surface area contributed by atoms with Crippen LogP contribution in [0.25, 0.3) is 0 Å². The van der Waals surface area contributed by atoms with Crippen molar-refractivity contribution in [1.29, 1.82) is 0 Å². The molecule has 1 aromatic carbocycles. The number of aliphatic hydroxyl groups is 5. The van der Waals surface area contributed by atoms with Crippen LogP contribution < -0.4 is 0 Å². The fourth-order valence-electron chi connectivity index (χ4n) is 3.87. The summed E-state index contributed by atoms with van der Waals surface area (Å²) in [6.45, 7) is 1.02. The van der Waals surface area contributed by atoms with Gasteiger partial charge in [0.25, 0.3) is 0 Å². The summed E-state index contributed by atoms with van der Waals surface area (Å²) in [5.74, 6) is -2.09. The molecule has 0 aromatic heterocycles. The Morgan fingerprint density at radius 1 is 0.906 bits per heavy atom. The molecule has 2 aliphatic rings. The highest BCUT2D eigenvalue weighted by Gasteiger charge is 2.48. The van der Waals surface area contributed by atoms with E-state index in [9.17, 15) is 35.1 Å². The fraction of sp³-hybridized carbons (Fsp3) is 0.524. The van der Waals surface area contributed by atoms with Crippen molar-refractivity contribution in [2.24, 2.45) is 0 Å². The van der Waals surface area contributed by atoms with Gasteiger partial charge in [-0.15, -0.1) is 23.5 Å². The van der Waals surface area contributed by atoms with Crippen molar-refractivity contribution in [3.8, 4) is 11.5 Å². The Hall–Kier alpha value is -1.60. The average molecular weight is 487 g/mol. The van der Waals surface area contributed by atoms with E-state index in [1.165, 1.54) is 6.92 Å². The van der Waals surface area contributed by atoms with E-state index in [0.29, 0.717) is 24.3 Å². The van der Waals surface area contributed by atoms with Crippen molar-refractivity contribution in [3.63, 3.8) is 0 Å². The number of hydrogen-bond donors (Lipinski definition) is 7. The minimum atomic E-state index is -1.84. The number of Topliss-reactive ketones (excluding diaryl/α,β-unsaturated/α-hetero) is 2. The largest absolute Gasteiger partial charge is 0.507 e. The van der Waals surface area contributed by atoms with Gasteiger partial charge < -0.3 is 35.7 Å². The van der Waals surface area contributed by atoms with Crippen molar-refractivity contribution in [2.75, 3.05) is 24.7 Å². The molecule has 1 aromatic rings. The first-order valence-electron chi connectivity index (χ1n) is 10.1. The van der Waals surface area contributed by atoms with E-state index in [1.807, 2.05) is 0 Å². The van der Waals surface area contributed by atoms with E-state index >= 15 is 0 Å². The van der Waals surface area contributed by atoms with Gasteiger partial charge in [-0.2, -0.15) is 0 Å². The Labute approximate surface area is 192 Å². The van der Waals surface area contributed by atoms with Gasteiger partial charge in [0.15, 0.2) is 0 Å². The average Bonchev–Trinajstić information content (AvgIpc) is 2.74. The van der Waals surface area contributed by atoms with E-state index in [0.717, 1.165) is 23.5 Å². The third-order valence-electron chi connectivity index (χ3n) is 5.53. The van der Waals surface area contributed by atoms with Crippen LogP contribution in [0.4, 0.5) is 0 Å². The molecule has 7 N–H and O–H groups in total. The normalized spacial score (nSPS) is 25.2.